The van der Waals surface area contributed by atoms with Gasteiger partial charge in [0.1, 0.15) is 6.23 Å². The monoisotopic (exact) mass is 535 g/mol. The van der Waals surface area contributed by atoms with E-state index in [-0.39, 0.29) is 18.2 Å². The standard InChI is InChI=1S/C29H30ClN3O3S/c30-24-3-1-4-25-28(24)21(13-18-6-8-19(9-7-18)20-10-11-20)17-33(25)27-15-22(34)14-23(36-27)16-31-32-29(35)26-5-2-12-37-26/h1-9,12,17,20,22-23,27,31,34H,10-11,13-16H2,(H,32,35). The molecule has 6 nitrogen and oxygen atoms in total. The summed E-state index contributed by atoms with van der Waals surface area (Å²) >= 11 is 8.09. The van der Waals surface area contributed by atoms with Gasteiger partial charge in [-0.3, -0.25) is 10.2 Å². The number of thiophene rings is 1. The van der Waals surface area contributed by atoms with Gasteiger partial charge < -0.3 is 14.4 Å². The van der Waals surface area contributed by atoms with Crippen LogP contribution >= 0.6 is 22.9 Å². The minimum Gasteiger partial charge on any atom is -0.393 e. The highest BCUT2D eigenvalue weighted by Crippen LogP contribution is 2.40. The number of aliphatic hydroxyl groups excluding tert-OH is 1. The van der Waals surface area contributed by atoms with E-state index in [1.807, 2.05) is 23.6 Å². The highest BCUT2D eigenvalue weighted by atomic mass is 35.5. The number of ether oxygens (including phenoxy) is 1. The van der Waals surface area contributed by atoms with Gasteiger partial charge in [0.25, 0.3) is 5.91 Å². The summed E-state index contributed by atoms with van der Waals surface area (Å²) < 4.78 is 8.53. The van der Waals surface area contributed by atoms with Crippen LogP contribution in [0.1, 0.15) is 64.2 Å². The molecule has 3 atom stereocenters. The minimum absolute atomic E-state index is 0.177. The number of amides is 1. The molecule has 192 valence electrons. The van der Waals surface area contributed by atoms with Crippen LogP contribution in [-0.4, -0.2) is 34.3 Å². The zero-order chi connectivity index (χ0) is 25.4. The first-order chi connectivity index (χ1) is 18.0. The number of hydrogen-bond acceptors (Lipinski definition) is 5. The molecule has 3 N–H and O–H groups in total. The van der Waals surface area contributed by atoms with Crippen LogP contribution in [0.4, 0.5) is 0 Å². The Bertz CT molecular complexity index is 1380. The zero-order valence-electron chi connectivity index (χ0n) is 20.4. The fraction of sp³-hybridized carbons (Fsp3) is 0.345. The summed E-state index contributed by atoms with van der Waals surface area (Å²) in [6, 6.07) is 18.5. The van der Waals surface area contributed by atoms with E-state index in [1.54, 1.807) is 6.07 Å². The lowest BCUT2D eigenvalue weighted by atomic mass is 10.0. The number of aromatic nitrogens is 1. The van der Waals surface area contributed by atoms with Crippen LogP contribution in [0.15, 0.2) is 66.2 Å². The molecule has 2 aromatic carbocycles. The molecule has 1 aliphatic carbocycles. The summed E-state index contributed by atoms with van der Waals surface area (Å²) in [5.41, 5.74) is 10.5. The van der Waals surface area contributed by atoms with Gasteiger partial charge in [-0.1, -0.05) is 48.0 Å². The summed E-state index contributed by atoms with van der Waals surface area (Å²) in [7, 11) is 0. The van der Waals surface area contributed by atoms with Crippen LogP contribution in [0.2, 0.25) is 5.02 Å². The molecule has 1 aliphatic heterocycles. The lowest BCUT2D eigenvalue weighted by Crippen LogP contribution is -2.45. The lowest BCUT2D eigenvalue weighted by Gasteiger charge is -2.34. The number of halogens is 1. The molecule has 3 unspecified atom stereocenters. The van der Waals surface area contributed by atoms with Crippen molar-refractivity contribution in [2.45, 2.75) is 56.5 Å². The van der Waals surface area contributed by atoms with Crippen LogP contribution in [0, 0.1) is 0 Å². The molecule has 1 saturated carbocycles. The Labute approximate surface area is 225 Å². The Kier molecular flexibility index (Phi) is 7.06. The zero-order valence-corrected chi connectivity index (χ0v) is 22.0. The van der Waals surface area contributed by atoms with Crippen molar-refractivity contribution < 1.29 is 14.6 Å². The van der Waals surface area contributed by atoms with Gasteiger partial charge in [0.15, 0.2) is 0 Å². The number of benzene rings is 2. The number of nitrogens with zero attached hydrogens (tertiary/aromatic N) is 1. The molecule has 2 aromatic heterocycles. The fourth-order valence-electron chi connectivity index (χ4n) is 5.26. The molecule has 1 amide bonds. The summed E-state index contributed by atoms with van der Waals surface area (Å²) in [6.45, 7) is 0.394. The molecule has 0 spiro atoms. The smallest absolute Gasteiger partial charge is 0.275 e. The van der Waals surface area contributed by atoms with Crippen LogP contribution in [0.3, 0.4) is 0 Å². The van der Waals surface area contributed by atoms with E-state index in [4.69, 9.17) is 16.3 Å². The summed E-state index contributed by atoms with van der Waals surface area (Å²) in [5.74, 6) is 0.565. The molecule has 4 aromatic rings. The van der Waals surface area contributed by atoms with Gasteiger partial charge in [0, 0.05) is 31.0 Å². The van der Waals surface area contributed by atoms with Crippen LogP contribution in [0.25, 0.3) is 10.9 Å². The molecular formula is C29H30ClN3O3S. The van der Waals surface area contributed by atoms with Gasteiger partial charge in [0.2, 0.25) is 0 Å². The number of fused-ring (bicyclic) bond motifs is 1. The predicted octanol–water partition coefficient (Wildman–Crippen LogP) is 5.80. The maximum Gasteiger partial charge on any atom is 0.275 e. The maximum atomic E-state index is 12.2. The van der Waals surface area contributed by atoms with Crippen molar-refractivity contribution in [3.05, 3.63) is 92.8 Å². The van der Waals surface area contributed by atoms with E-state index < -0.39 is 6.10 Å². The van der Waals surface area contributed by atoms with Crippen LogP contribution in [0.5, 0.6) is 0 Å². The highest BCUT2D eigenvalue weighted by molar-refractivity contribution is 7.12. The first-order valence-electron chi connectivity index (χ1n) is 12.8. The van der Waals surface area contributed by atoms with E-state index in [2.05, 4.69) is 51.9 Å². The van der Waals surface area contributed by atoms with E-state index >= 15 is 0 Å². The number of hydrazine groups is 1. The van der Waals surface area contributed by atoms with Crippen molar-refractivity contribution >= 4 is 39.7 Å². The van der Waals surface area contributed by atoms with Crippen molar-refractivity contribution in [3.8, 4) is 0 Å². The second kappa shape index (κ2) is 10.6. The Morgan fingerprint density at radius 3 is 2.70 bits per heavy atom. The van der Waals surface area contributed by atoms with Gasteiger partial charge in [0.05, 0.1) is 27.6 Å². The first kappa shape index (κ1) is 24.6. The molecule has 1 saturated heterocycles. The average Bonchev–Trinajstić information content (AvgIpc) is 3.45. The lowest BCUT2D eigenvalue weighted by molar-refractivity contribution is -0.125. The number of aliphatic hydroxyl groups is 1. The molecule has 37 heavy (non-hydrogen) atoms. The number of nitrogens with one attached hydrogen (secondary N) is 2. The van der Waals surface area contributed by atoms with E-state index in [0.717, 1.165) is 28.8 Å². The summed E-state index contributed by atoms with van der Waals surface area (Å²) in [5, 5.41) is 14.3. The Morgan fingerprint density at radius 2 is 1.95 bits per heavy atom. The van der Waals surface area contributed by atoms with Crippen molar-refractivity contribution in [2.24, 2.45) is 0 Å². The third kappa shape index (κ3) is 5.47. The quantitative estimate of drug-likeness (QED) is 0.249. The molecular weight excluding hydrogens is 506 g/mol. The number of carbonyl (C=O) groups excluding carboxylic acids is 1. The normalized spacial score (nSPS) is 21.8. The number of hydrogen-bond donors (Lipinski definition) is 3. The topological polar surface area (TPSA) is 75.5 Å². The van der Waals surface area contributed by atoms with Crippen molar-refractivity contribution in [1.29, 1.82) is 0 Å². The maximum absolute atomic E-state index is 12.2. The first-order valence-corrected chi connectivity index (χ1v) is 14.1. The van der Waals surface area contributed by atoms with Crippen LogP contribution in [-0.2, 0) is 11.2 Å². The van der Waals surface area contributed by atoms with Gasteiger partial charge in [-0.25, -0.2) is 5.43 Å². The second-order valence-corrected chi connectivity index (χ2v) is 11.4. The third-order valence-corrected chi connectivity index (χ3v) is 8.44. The van der Waals surface area contributed by atoms with Gasteiger partial charge in [-0.15, -0.1) is 11.3 Å². The molecule has 0 bridgehead atoms. The third-order valence-electron chi connectivity index (χ3n) is 7.25. The molecule has 0 radical (unpaired) electrons. The largest absolute Gasteiger partial charge is 0.393 e. The second-order valence-electron chi connectivity index (χ2n) is 10.0. The number of carbonyl (C=O) groups is 1. The Hall–Kier alpha value is -2.68. The van der Waals surface area contributed by atoms with Gasteiger partial charge in [-0.05, 0) is 65.4 Å². The van der Waals surface area contributed by atoms with Gasteiger partial charge in [-0.2, -0.15) is 0 Å². The van der Waals surface area contributed by atoms with Gasteiger partial charge >= 0.3 is 0 Å². The molecule has 6 rings (SSSR count). The molecule has 8 heteroatoms. The molecule has 3 heterocycles. The van der Waals surface area contributed by atoms with Crippen molar-refractivity contribution in [1.82, 2.24) is 15.4 Å². The van der Waals surface area contributed by atoms with E-state index in [1.165, 1.54) is 35.3 Å². The average molecular weight is 536 g/mol. The minimum atomic E-state index is -0.506. The van der Waals surface area contributed by atoms with E-state index in [9.17, 15) is 9.90 Å². The Balaban J connectivity index is 1.19. The highest BCUT2D eigenvalue weighted by Gasteiger charge is 2.31. The Morgan fingerprint density at radius 1 is 1.11 bits per heavy atom. The van der Waals surface area contributed by atoms with Crippen molar-refractivity contribution in [2.75, 3.05) is 6.54 Å². The number of rotatable bonds is 8. The molecule has 2 fully saturated rings. The summed E-state index contributed by atoms with van der Waals surface area (Å²) in [6.07, 6.45) is 5.38. The van der Waals surface area contributed by atoms with Crippen LogP contribution < -0.4 is 10.9 Å². The van der Waals surface area contributed by atoms with E-state index in [0.29, 0.717) is 29.3 Å². The summed E-state index contributed by atoms with van der Waals surface area (Å²) in [4.78, 5) is 12.9. The predicted molar refractivity (Wildman–Crippen MR) is 147 cm³/mol. The molecule has 2 aliphatic rings. The SMILES string of the molecule is O=C(NNCC1CC(O)CC(n2cc(Cc3ccc(C4CC4)cc3)c3c(Cl)cccc32)O1)c1cccs1. The van der Waals surface area contributed by atoms with Crippen molar-refractivity contribution in [3.63, 3.8) is 0 Å². The fourth-order valence-corrected chi connectivity index (χ4v) is 6.16.